The zero-order valence-electron chi connectivity index (χ0n) is 13.0. The van der Waals surface area contributed by atoms with Gasteiger partial charge in [-0.2, -0.15) is 0 Å². The third kappa shape index (κ3) is 3.16. The fraction of sp³-hybridized carbons (Fsp3) is 0.562. The Hall–Kier alpha value is -1.82. The maximum Gasteiger partial charge on any atom is 0.230 e. The van der Waals surface area contributed by atoms with Crippen LogP contribution in [0.2, 0.25) is 0 Å². The summed E-state index contributed by atoms with van der Waals surface area (Å²) in [6.07, 6.45) is 2.53. The highest BCUT2D eigenvalue weighted by Gasteiger charge is 2.37. The van der Waals surface area contributed by atoms with E-state index in [1.165, 1.54) is 0 Å². The van der Waals surface area contributed by atoms with Crippen molar-refractivity contribution in [1.29, 1.82) is 0 Å². The van der Waals surface area contributed by atoms with E-state index in [0.717, 1.165) is 0 Å². The molecule has 0 aliphatic carbocycles. The van der Waals surface area contributed by atoms with Crippen LogP contribution in [-0.2, 0) is 12.2 Å². The second kappa shape index (κ2) is 6.12. The van der Waals surface area contributed by atoms with Gasteiger partial charge >= 0.3 is 0 Å². The minimum atomic E-state index is -1.32. The minimum absolute atomic E-state index is 0.227. The molecule has 1 aliphatic heterocycles. The van der Waals surface area contributed by atoms with Crippen LogP contribution in [-0.4, -0.2) is 33.2 Å². The van der Waals surface area contributed by atoms with Crippen molar-refractivity contribution in [2.24, 2.45) is 0 Å². The van der Waals surface area contributed by atoms with E-state index in [4.69, 9.17) is 4.42 Å². The van der Waals surface area contributed by atoms with E-state index < -0.39 is 5.67 Å². The van der Waals surface area contributed by atoms with Crippen LogP contribution in [0.25, 0.3) is 0 Å². The van der Waals surface area contributed by atoms with Gasteiger partial charge in [0.15, 0.2) is 5.67 Å². The summed E-state index contributed by atoms with van der Waals surface area (Å²) in [5, 5.41) is 8.09. The largest absolute Gasteiger partial charge is 0.424 e. The first-order valence-electron chi connectivity index (χ1n) is 7.72. The Labute approximate surface area is 129 Å². The fourth-order valence-corrected chi connectivity index (χ4v) is 2.70. The summed E-state index contributed by atoms with van der Waals surface area (Å²) in [7, 11) is 0. The predicted molar refractivity (Wildman–Crippen MR) is 79.9 cm³/mol. The molecule has 0 N–H and O–H groups in total. The lowest BCUT2D eigenvalue weighted by Gasteiger charge is -2.35. The van der Waals surface area contributed by atoms with Crippen LogP contribution in [0.5, 0.6) is 0 Å². The summed E-state index contributed by atoms with van der Waals surface area (Å²) in [4.78, 5) is 6.32. The molecule has 5 nitrogen and oxygen atoms in total. The van der Waals surface area contributed by atoms with Crippen molar-refractivity contribution in [3.05, 3.63) is 41.9 Å². The number of nitrogens with zero attached hydrogens (tertiary/aromatic N) is 4. The number of hydrogen-bond acceptors (Lipinski definition) is 5. The van der Waals surface area contributed by atoms with E-state index >= 15 is 0 Å². The van der Waals surface area contributed by atoms with Crippen LogP contribution in [0.4, 0.5) is 4.39 Å². The molecule has 3 rings (SSSR count). The Morgan fingerprint density at radius 1 is 1.27 bits per heavy atom. The smallest absolute Gasteiger partial charge is 0.230 e. The maximum atomic E-state index is 15.0. The van der Waals surface area contributed by atoms with Crippen LogP contribution in [0.3, 0.4) is 0 Å². The van der Waals surface area contributed by atoms with Crippen molar-refractivity contribution < 1.29 is 8.81 Å². The van der Waals surface area contributed by atoms with Crippen LogP contribution < -0.4 is 0 Å². The van der Waals surface area contributed by atoms with Gasteiger partial charge in [0, 0.05) is 25.2 Å². The summed E-state index contributed by atoms with van der Waals surface area (Å²) in [5.41, 5.74) is -0.787. The van der Waals surface area contributed by atoms with Gasteiger partial charge in [0.2, 0.25) is 11.8 Å². The topological polar surface area (TPSA) is 55.1 Å². The molecule has 0 saturated carbocycles. The highest BCUT2D eigenvalue weighted by Crippen LogP contribution is 2.35. The molecule has 22 heavy (non-hydrogen) atoms. The molecule has 0 spiro atoms. The van der Waals surface area contributed by atoms with Crippen molar-refractivity contribution in [3.63, 3.8) is 0 Å². The molecule has 6 heteroatoms. The predicted octanol–water partition coefficient (Wildman–Crippen LogP) is 3.05. The summed E-state index contributed by atoms with van der Waals surface area (Å²) in [6, 6.07) is 5.41. The van der Waals surface area contributed by atoms with E-state index in [9.17, 15) is 4.39 Å². The number of likely N-dealkylation sites (tertiary alicyclic amines) is 1. The van der Waals surface area contributed by atoms with Gasteiger partial charge in [0.25, 0.3) is 0 Å². The number of pyridine rings is 1. The first kappa shape index (κ1) is 15.1. The molecule has 1 aliphatic rings. The molecule has 0 amide bonds. The van der Waals surface area contributed by atoms with E-state index in [1.54, 1.807) is 12.3 Å². The van der Waals surface area contributed by atoms with Gasteiger partial charge in [0.05, 0.1) is 12.2 Å². The van der Waals surface area contributed by atoms with Gasteiger partial charge in [-0.25, -0.2) is 4.39 Å². The molecule has 0 radical (unpaired) electrons. The second-order valence-electron chi connectivity index (χ2n) is 6.15. The van der Waals surface area contributed by atoms with Crippen LogP contribution >= 0.6 is 0 Å². The molecule has 0 aromatic carbocycles. The average molecular weight is 304 g/mol. The van der Waals surface area contributed by atoms with Crippen molar-refractivity contribution >= 4 is 0 Å². The molecule has 1 fully saturated rings. The Kier molecular flexibility index (Phi) is 4.20. The molecule has 3 heterocycles. The number of rotatable bonds is 4. The number of hydrogen-bond donors (Lipinski definition) is 0. The number of piperidine rings is 1. The van der Waals surface area contributed by atoms with E-state index in [0.29, 0.717) is 50.0 Å². The average Bonchev–Trinajstić information content (AvgIpc) is 3.00. The van der Waals surface area contributed by atoms with Gasteiger partial charge < -0.3 is 4.42 Å². The third-order valence-electron chi connectivity index (χ3n) is 4.11. The zero-order valence-corrected chi connectivity index (χ0v) is 13.0. The van der Waals surface area contributed by atoms with Gasteiger partial charge in [-0.3, -0.25) is 9.88 Å². The minimum Gasteiger partial charge on any atom is -0.424 e. The highest BCUT2D eigenvalue weighted by atomic mass is 19.1. The molecule has 0 atom stereocenters. The highest BCUT2D eigenvalue weighted by molar-refractivity contribution is 5.14. The number of aromatic nitrogens is 3. The van der Waals surface area contributed by atoms with E-state index in [2.05, 4.69) is 20.1 Å². The van der Waals surface area contributed by atoms with E-state index in [1.807, 2.05) is 26.0 Å². The molecule has 1 saturated heterocycles. The van der Waals surface area contributed by atoms with Crippen molar-refractivity contribution in [1.82, 2.24) is 20.1 Å². The number of halogens is 1. The van der Waals surface area contributed by atoms with Gasteiger partial charge in [-0.05, 0) is 25.0 Å². The third-order valence-corrected chi connectivity index (χ3v) is 4.11. The molecular formula is C16H21FN4O. The Morgan fingerprint density at radius 3 is 2.64 bits per heavy atom. The van der Waals surface area contributed by atoms with Crippen LogP contribution in [0.15, 0.2) is 28.8 Å². The van der Waals surface area contributed by atoms with Crippen molar-refractivity contribution in [2.75, 3.05) is 13.1 Å². The number of alkyl halides is 1. The Balaban J connectivity index is 1.59. The Morgan fingerprint density at radius 2 is 2.05 bits per heavy atom. The summed E-state index contributed by atoms with van der Waals surface area (Å²) in [5.74, 6) is 1.48. The lowest BCUT2D eigenvalue weighted by Crippen LogP contribution is -2.40. The van der Waals surface area contributed by atoms with Crippen molar-refractivity contribution in [2.45, 2.75) is 44.8 Å². The first-order chi connectivity index (χ1) is 10.6. The SMILES string of the molecule is CC(C)c1nnc(CN2CCC(F)(c3ccccn3)CC2)o1. The van der Waals surface area contributed by atoms with Gasteiger partial charge in [0.1, 0.15) is 0 Å². The second-order valence-corrected chi connectivity index (χ2v) is 6.15. The standard InChI is InChI=1S/C16H21FN4O/c1-12(2)15-20-19-14(22-15)11-21-9-6-16(17,7-10-21)13-5-3-4-8-18-13/h3-5,8,12H,6-7,9-11H2,1-2H3. The lowest BCUT2D eigenvalue weighted by atomic mass is 9.89. The normalized spacial score (nSPS) is 18.7. The Bertz CT molecular complexity index is 606. The lowest BCUT2D eigenvalue weighted by molar-refractivity contribution is 0.0453. The molecule has 0 bridgehead atoms. The summed E-state index contributed by atoms with van der Waals surface area (Å²) < 4.78 is 20.6. The molecule has 118 valence electrons. The van der Waals surface area contributed by atoms with Crippen LogP contribution in [0, 0.1) is 0 Å². The fourth-order valence-electron chi connectivity index (χ4n) is 2.70. The van der Waals surface area contributed by atoms with E-state index in [-0.39, 0.29) is 5.92 Å². The van der Waals surface area contributed by atoms with Gasteiger partial charge in [-0.1, -0.05) is 19.9 Å². The van der Waals surface area contributed by atoms with Crippen molar-refractivity contribution in [3.8, 4) is 0 Å². The monoisotopic (exact) mass is 304 g/mol. The first-order valence-corrected chi connectivity index (χ1v) is 7.72. The molecule has 0 unspecified atom stereocenters. The zero-order chi connectivity index (χ0) is 15.6. The maximum absolute atomic E-state index is 15.0. The quantitative estimate of drug-likeness (QED) is 0.869. The summed E-state index contributed by atoms with van der Waals surface area (Å²) >= 11 is 0. The van der Waals surface area contributed by atoms with Gasteiger partial charge in [-0.15, -0.1) is 10.2 Å². The van der Waals surface area contributed by atoms with Crippen LogP contribution in [0.1, 0.15) is 50.1 Å². The summed E-state index contributed by atoms with van der Waals surface area (Å²) in [6.45, 7) is 5.93. The molecule has 2 aromatic heterocycles. The molecule has 2 aromatic rings. The molecular weight excluding hydrogens is 283 g/mol.